The number of guanidine groups is 1. The summed E-state index contributed by atoms with van der Waals surface area (Å²) in [4.78, 5) is 57.2. The maximum atomic E-state index is 14.0. The summed E-state index contributed by atoms with van der Waals surface area (Å²) in [6.07, 6.45) is 1.00. The Kier molecular flexibility index (Phi) is 13.3. The van der Waals surface area contributed by atoms with E-state index in [1.165, 1.54) is 0 Å². The molecule has 8 N–H and O–H groups in total. The number of nitrogens with one attached hydrogen (secondary N) is 5. The third-order valence-corrected chi connectivity index (χ3v) is 7.86. The highest BCUT2D eigenvalue weighted by Crippen LogP contribution is 2.31. The highest BCUT2D eigenvalue weighted by atomic mass is 16.3. The summed E-state index contributed by atoms with van der Waals surface area (Å²) < 4.78 is 0. The molecule has 0 fully saturated rings. The van der Waals surface area contributed by atoms with Crippen LogP contribution in [0.4, 0.5) is 4.79 Å². The quantitative estimate of drug-likeness (QED) is 0.0741. The van der Waals surface area contributed by atoms with Gasteiger partial charge < -0.3 is 32.1 Å². The monoisotopic (exact) mass is 656 g/mol. The lowest BCUT2D eigenvalue weighted by Gasteiger charge is -2.29. The smallest absolute Gasteiger partial charge is 0.321 e. The predicted octanol–water partition coefficient (Wildman–Crippen LogP) is 2.17. The molecule has 13 nitrogen and oxygen atoms in total. The molecule has 5 amide bonds. The molecule has 3 aromatic rings. The lowest BCUT2D eigenvalue weighted by atomic mass is 10.0. The molecule has 0 aromatic heterocycles. The average Bonchev–Trinajstić information content (AvgIpc) is 3.51. The van der Waals surface area contributed by atoms with E-state index in [4.69, 9.17) is 5.73 Å². The van der Waals surface area contributed by atoms with E-state index in [1.54, 1.807) is 31.2 Å². The van der Waals surface area contributed by atoms with Gasteiger partial charge in [-0.15, -0.1) is 0 Å². The number of amides is 5. The molecule has 1 aliphatic heterocycles. The van der Waals surface area contributed by atoms with Crippen LogP contribution in [0.25, 0.3) is 0 Å². The van der Waals surface area contributed by atoms with Crippen LogP contribution >= 0.6 is 0 Å². The molecule has 0 unspecified atom stereocenters. The number of phenols is 1. The zero-order chi connectivity index (χ0) is 34.3. The first-order valence-corrected chi connectivity index (χ1v) is 16.1. The topological polar surface area (TPSA) is 190 Å². The molecular weight excluding hydrogens is 612 g/mol. The van der Waals surface area contributed by atoms with Crippen LogP contribution in [0.1, 0.15) is 54.5 Å². The van der Waals surface area contributed by atoms with Gasteiger partial charge in [0.05, 0.1) is 0 Å². The molecule has 254 valence electrons. The number of hydrogen-bond donors (Lipinski definition) is 7. The van der Waals surface area contributed by atoms with Crippen LogP contribution in [0.5, 0.6) is 5.75 Å². The summed E-state index contributed by atoms with van der Waals surface area (Å²) in [6, 6.07) is 22.0. The van der Waals surface area contributed by atoms with Crippen LogP contribution in [0.3, 0.4) is 0 Å². The van der Waals surface area contributed by atoms with Crippen molar-refractivity contribution in [3.8, 4) is 5.75 Å². The van der Waals surface area contributed by atoms with Crippen LogP contribution < -0.4 is 32.3 Å². The zero-order valence-electron chi connectivity index (χ0n) is 27.1. The normalized spacial score (nSPS) is 13.9. The second-order valence-corrected chi connectivity index (χ2v) is 11.4. The molecule has 13 heteroatoms. The Hall–Kier alpha value is -5.43. The third kappa shape index (κ3) is 10.8. The van der Waals surface area contributed by atoms with Crippen molar-refractivity contribution in [2.45, 2.75) is 57.9 Å². The largest absolute Gasteiger partial charge is 0.508 e. The van der Waals surface area contributed by atoms with Gasteiger partial charge in [0.15, 0.2) is 5.96 Å². The van der Waals surface area contributed by atoms with E-state index in [1.807, 2.05) is 42.5 Å². The number of aliphatic imine (C=N–C) groups is 1. The number of aromatic hydroxyl groups is 1. The van der Waals surface area contributed by atoms with Gasteiger partial charge >= 0.3 is 6.03 Å². The van der Waals surface area contributed by atoms with E-state index in [9.17, 15) is 24.3 Å². The molecule has 48 heavy (non-hydrogen) atoms. The molecule has 0 aliphatic carbocycles. The van der Waals surface area contributed by atoms with E-state index < -0.39 is 18.1 Å². The summed E-state index contributed by atoms with van der Waals surface area (Å²) in [5.41, 5.74) is 9.81. The lowest BCUT2D eigenvalue weighted by molar-refractivity contribution is -0.132. The Morgan fingerprint density at radius 1 is 0.854 bits per heavy atom. The predicted molar refractivity (Wildman–Crippen MR) is 182 cm³/mol. The zero-order valence-corrected chi connectivity index (χ0v) is 27.1. The minimum atomic E-state index is -0.878. The number of nitrogens with two attached hydrogens (primary N) is 1. The van der Waals surface area contributed by atoms with Crippen molar-refractivity contribution >= 4 is 29.7 Å². The van der Waals surface area contributed by atoms with Gasteiger partial charge in [-0.05, 0) is 47.2 Å². The number of nitrogens with zero attached hydrogens (tertiary/aromatic N) is 2. The van der Waals surface area contributed by atoms with Crippen LogP contribution in [-0.2, 0) is 34.0 Å². The standard InChI is InChI=1S/C35H44N8O5/c1-2-30(45)37-19-20-39-35(48)42-34(36)38-18-8-13-29(32(46)40-21-24-14-16-28(44)17-15-24)41-33(47)31(25-9-4-3-5-10-25)43-22-26-11-6-7-12-27(26)23-43/h3-7,9-12,14-17,29,31,44H,2,8,13,18-23H2,1H3,(H,37,45)(H,40,46)(H,41,47)(H4,36,38,39,42,48)/t29-,31+/m1/s1. The molecule has 1 heterocycles. The molecule has 3 aromatic carbocycles. The van der Waals surface area contributed by atoms with E-state index in [0.29, 0.717) is 25.9 Å². The first-order chi connectivity index (χ1) is 23.2. The first kappa shape index (κ1) is 35.4. The number of phenolic OH excluding ortho intramolecular Hbond substituents is 1. The highest BCUT2D eigenvalue weighted by Gasteiger charge is 2.34. The molecule has 0 radical (unpaired) electrons. The number of hydrogen-bond acceptors (Lipinski definition) is 7. The number of urea groups is 1. The van der Waals surface area contributed by atoms with Crippen molar-refractivity contribution in [3.05, 3.63) is 101 Å². The Labute approximate surface area is 280 Å². The summed E-state index contributed by atoms with van der Waals surface area (Å²) in [7, 11) is 0. The van der Waals surface area contributed by atoms with Gasteiger partial charge in [0.25, 0.3) is 0 Å². The SMILES string of the molecule is CCC(=O)NCCNC(=O)NC(N)=NCCC[C@@H](NC(=O)[C@H](c1ccccc1)N1Cc2ccccc2C1)C(=O)NCc1ccc(O)cc1. The van der Waals surface area contributed by atoms with Gasteiger partial charge in [-0.25, -0.2) is 4.79 Å². The summed E-state index contributed by atoms with van der Waals surface area (Å²) in [5, 5.41) is 23.2. The Bertz CT molecular complexity index is 1540. The van der Waals surface area contributed by atoms with E-state index in [2.05, 4.69) is 48.6 Å². The molecule has 2 atom stereocenters. The fraction of sp³-hybridized carbons (Fsp3) is 0.343. The van der Waals surface area contributed by atoms with Gasteiger partial charge in [-0.1, -0.05) is 73.7 Å². The maximum Gasteiger partial charge on any atom is 0.321 e. The number of carbonyl (C=O) groups is 4. The highest BCUT2D eigenvalue weighted by molar-refractivity contribution is 5.95. The van der Waals surface area contributed by atoms with Gasteiger partial charge in [-0.2, -0.15) is 0 Å². The maximum absolute atomic E-state index is 14.0. The minimum absolute atomic E-state index is 0.0970. The lowest BCUT2D eigenvalue weighted by Crippen LogP contribution is -2.50. The molecular formula is C35H44N8O5. The van der Waals surface area contributed by atoms with Gasteiger partial charge in [0, 0.05) is 45.7 Å². The third-order valence-electron chi connectivity index (χ3n) is 7.86. The van der Waals surface area contributed by atoms with E-state index in [0.717, 1.165) is 22.3 Å². The number of fused-ring (bicyclic) bond motifs is 1. The molecule has 0 bridgehead atoms. The Morgan fingerprint density at radius 3 is 2.17 bits per heavy atom. The second-order valence-electron chi connectivity index (χ2n) is 11.4. The van der Waals surface area contributed by atoms with Crippen molar-refractivity contribution in [3.63, 3.8) is 0 Å². The van der Waals surface area contributed by atoms with Gasteiger partial charge in [0.2, 0.25) is 17.7 Å². The summed E-state index contributed by atoms with van der Waals surface area (Å²) >= 11 is 0. The number of carbonyl (C=O) groups excluding carboxylic acids is 4. The second kappa shape index (κ2) is 18.0. The Morgan fingerprint density at radius 2 is 1.50 bits per heavy atom. The summed E-state index contributed by atoms with van der Waals surface area (Å²) in [5.74, 6) is -0.745. The fourth-order valence-electron chi connectivity index (χ4n) is 5.35. The van der Waals surface area contributed by atoms with Crippen LogP contribution in [0.15, 0.2) is 83.9 Å². The number of benzene rings is 3. The van der Waals surface area contributed by atoms with Crippen LogP contribution in [-0.4, -0.2) is 65.4 Å². The average molecular weight is 657 g/mol. The Balaban J connectivity index is 1.39. The van der Waals surface area contributed by atoms with Crippen molar-refractivity contribution in [1.29, 1.82) is 0 Å². The van der Waals surface area contributed by atoms with Crippen molar-refractivity contribution < 1.29 is 24.3 Å². The van der Waals surface area contributed by atoms with Crippen molar-refractivity contribution in [2.24, 2.45) is 10.7 Å². The van der Waals surface area contributed by atoms with Crippen LogP contribution in [0.2, 0.25) is 0 Å². The van der Waals surface area contributed by atoms with Crippen LogP contribution in [0, 0.1) is 0 Å². The van der Waals surface area contributed by atoms with Crippen molar-refractivity contribution in [1.82, 2.24) is 31.5 Å². The molecule has 0 saturated heterocycles. The van der Waals surface area contributed by atoms with Gasteiger partial charge in [0.1, 0.15) is 17.8 Å². The van der Waals surface area contributed by atoms with E-state index >= 15 is 0 Å². The van der Waals surface area contributed by atoms with Gasteiger partial charge in [-0.3, -0.25) is 29.6 Å². The minimum Gasteiger partial charge on any atom is -0.508 e. The van der Waals surface area contributed by atoms with E-state index in [-0.39, 0.29) is 62.0 Å². The first-order valence-electron chi connectivity index (χ1n) is 16.1. The molecule has 0 saturated carbocycles. The molecule has 4 rings (SSSR count). The molecule has 1 aliphatic rings. The fourth-order valence-corrected chi connectivity index (χ4v) is 5.35. The molecule has 0 spiro atoms. The van der Waals surface area contributed by atoms with Crippen molar-refractivity contribution in [2.75, 3.05) is 19.6 Å². The number of rotatable bonds is 15. The summed E-state index contributed by atoms with van der Waals surface area (Å²) in [6.45, 7) is 3.85.